The fraction of sp³-hybridized carbons (Fsp3) is 0.348. The zero-order chi connectivity index (χ0) is 18.0. The SMILES string of the molecule is CC(=Nc1c(C)cc(C)cc1C)C(C)=Nc1c(C)cc(C)cc1C.[CH3-].[Ni+2]. The number of hydrogen-bond acceptors (Lipinski definition) is 2. The van der Waals surface area contributed by atoms with Crippen LogP contribution in [0.1, 0.15) is 47.2 Å². The Bertz CT molecular complexity index is 728. The van der Waals surface area contributed by atoms with Gasteiger partial charge in [-0.15, -0.1) is 0 Å². The molecule has 0 aliphatic rings. The summed E-state index contributed by atoms with van der Waals surface area (Å²) in [5.74, 6) is 0. The van der Waals surface area contributed by atoms with Crippen LogP contribution in [-0.4, -0.2) is 11.4 Å². The van der Waals surface area contributed by atoms with Gasteiger partial charge in [0.25, 0.3) is 0 Å². The van der Waals surface area contributed by atoms with Crippen molar-refractivity contribution < 1.29 is 16.5 Å². The Morgan fingerprint density at radius 3 is 1.04 bits per heavy atom. The van der Waals surface area contributed by atoms with Crippen molar-refractivity contribution in [1.29, 1.82) is 0 Å². The van der Waals surface area contributed by atoms with E-state index in [2.05, 4.69) is 65.8 Å². The third-order valence-corrected chi connectivity index (χ3v) is 4.35. The van der Waals surface area contributed by atoms with Crippen LogP contribution < -0.4 is 0 Å². The minimum absolute atomic E-state index is 0. The Balaban J connectivity index is 0.00000312. The molecule has 0 aromatic heterocycles. The smallest absolute Gasteiger partial charge is 0.358 e. The molecular formula is C23H31N2Ni+. The molecule has 0 N–H and O–H groups in total. The van der Waals surface area contributed by atoms with E-state index in [0.717, 1.165) is 22.8 Å². The Morgan fingerprint density at radius 1 is 0.577 bits per heavy atom. The first-order valence-electron chi connectivity index (χ1n) is 8.45. The molecule has 0 amide bonds. The minimum atomic E-state index is 0. The van der Waals surface area contributed by atoms with Gasteiger partial charge in [-0.1, -0.05) is 35.4 Å². The van der Waals surface area contributed by atoms with E-state index in [4.69, 9.17) is 9.98 Å². The van der Waals surface area contributed by atoms with E-state index in [1.165, 1.54) is 33.4 Å². The summed E-state index contributed by atoms with van der Waals surface area (Å²) in [7, 11) is 0. The molecule has 0 saturated carbocycles. The maximum absolute atomic E-state index is 4.86. The Kier molecular flexibility index (Phi) is 9.18. The third-order valence-electron chi connectivity index (χ3n) is 4.35. The van der Waals surface area contributed by atoms with E-state index < -0.39 is 0 Å². The molecule has 0 unspecified atom stereocenters. The van der Waals surface area contributed by atoms with Gasteiger partial charge in [0.2, 0.25) is 0 Å². The van der Waals surface area contributed by atoms with Gasteiger partial charge in [-0.2, -0.15) is 0 Å². The molecule has 0 heterocycles. The maximum atomic E-state index is 4.86. The molecule has 2 rings (SSSR count). The van der Waals surface area contributed by atoms with Gasteiger partial charge in [-0.25, -0.2) is 0 Å². The number of rotatable bonds is 3. The maximum Gasteiger partial charge on any atom is 2.00 e. The van der Waals surface area contributed by atoms with Crippen molar-refractivity contribution in [2.24, 2.45) is 9.98 Å². The second kappa shape index (κ2) is 9.83. The predicted octanol–water partition coefficient (Wildman–Crippen LogP) is 6.87. The van der Waals surface area contributed by atoms with Gasteiger partial charge in [-0.05, 0) is 77.6 Å². The summed E-state index contributed by atoms with van der Waals surface area (Å²) < 4.78 is 0. The summed E-state index contributed by atoms with van der Waals surface area (Å²) in [5, 5.41) is 0. The van der Waals surface area contributed by atoms with Crippen LogP contribution in [0.4, 0.5) is 11.4 Å². The molecule has 26 heavy (non-hydrogen) atoms. The van der Waals surface area contributed by atoms with Crippen molar-refractivity contribution in [2.45, 2.75) is 55.4 Å². The van der Waals surface area contributed by atoms with Gasteiger partial charge in [-0.3, -0.25) is 9.98 Å². The van der Waals surface area contributed by atoms with Crippen LogP contribution in [0.3, 0.4) is 0 Å². The van der Waals surface area contributed by atoms with E-state index in [-0.39, 0.29) is 23.9 Å². The predicted molar refractivity (Wildman–Crippen MR) is 113 cm³/mol. The Hall–Kier alpha value is -1.73. The first-order valence-corrected chi connectivity index (χ1v) is 8.45. The number of nitrogens with zero attached hydrogens (tertiary/aromatic N) is 2. The van der Waals surface area contributed by atoms with Crippen molar-refractivity contribution in [3.63, 3.8) is 0 Å². The van der Waals surface area contributed by atoms with Gasteiger partial charge in [0.15, 0.2) is 0 Å². The van der Waals surface area contributed by atoms with Crippen molar-refractivity contribution in [3.05, 3.63) is 65.1 Å². The summed E-state index contributed by atoms with van der Waals surface area (Å²) >= 11 is 0. The third kappa shape index (κ3) is 5.64. The van der Waals surface area contributed by atoms with Crippen LogP contribution in [-0.2, 0) is 16.5 Å². The molecule has 3 heteroatoms. The second-order valence-corrected chi connectivity index (χ2v) is 6.89. The van der Waals surface area contributed by atoms with Gasteiger partial charge in [0.05, 0.1) is 22.8 Å². The number of aliphatic imine (C=N–C) groups is 2. The van der Waals surface area contributed by atoms with E-state index in [0.29, 0.717) is 0 Å². The molecule has 0 spiro atoms. The van der Waals surface area contributed by atoms with Crippen LogP contribution in [0, 0.1) is 49.0 Å². The summed E-state index contributed by atoms with van der Waals surface area (Å²) in [6, 6.07) is 8.72. The zero-order valence-corrected chi connectivity index (χ0v) is 18.5. The normalized spacial score (nSPS) is 11.7. The number of hydrogen-bond donors (Lipinski definition) is 0. The molecule has 0 aliphatic carbocycles. The molecule has 2 aromatic carbocycles. The van der Waals surface area contributed by atoms with Gasteiger partial charge in [0, 0.05) is 0 Å². The van der Waals surface area contributed by atoms with Gasteiger partial charge >= 0.3 is 16.5 Å². The van der Waals surface area contributed by atoms with Crippen molar-refractivity contribution in [3.8, 4) is 0 Å². The summed E-state index contributed by atoms with van der Waals surface area (Å²) in [5.41, 5.74) is 11.4. The first kappa shape index (κ1) is 24.3. The van der Waals surface area contributed by atoms with Crippen molar-refractivity contribution >= 4 is 22.8 Å². The second-order valence-electron chi connectivity index (χ2n) is 6.89. The van der Waals surface area contributed by atoms with Crippen LogP contribution >= 0.6 is 0 Å². The largest absolute Gasteiger partial charge is 2.00 e. The molecule has 0 aliphatic heterocycles. The van der Waals surface area contributed by atoms with Crippen molar-refractivity contribution in [2.75, 3.05) is 0 Å². The van der Waals surface area contributed by atoms with Gasteiger partial charge < -0.3 is 7.43 Å². The molecule has 2 nitrogen and oxygen atoms in total. The van der Waals surface area contributed by atoms with E-state index in [1.54, 1.807) is 0 Å². The van der Waals surface area contributed by atoms with Crippen LogP contribution in [0.5, 0.6) is 0 Å². The average Bonchev–Trinajstić information content (AvgIpc) is 2.46. The van der Waals surface area contributed by atoms with E-state index in [9.17, 15) is 0 Å². The molecule has 0 atom stereocenters. The molecule has 2 aromatic rings. The summed E-state index contributed by atoms with van der Waals surface area (Å²) in [4.78, 5) is 9.72. The molecule has 0 radical (unpaired) electrons. The quantitative estimate of drug-likeness (QED) is 0.308. The van der Waals surface area contributed by atoms with E-state index >= 15 is 0 Å². The zero-order valence-electron chi connectivity index (χ0n) is 17.5. The minimum Gasteiger partial charge on any atom is -0.358 e. The van der Waals surface area contributed by atoms with Gasteiger partial charge in [0.1, 0.15) is 0 Å². The summed E-state index contributed by atoms with van der Waals surface area (Å²) in [6.45, 7) is 16.8. The Morgan fingerprint density at radius 2 is 0.808 bits per heavy atom. The topological polar surface area (TPSA) is 24.7 Å². The summed E-state index contributed by atoms with van der Waals surface area (Å²) in [6.07, 6.45) is 0. The number of benzene rings is 2. The molecule has 0 saturated heterocycles. The van der Waals surface area contributed by atoms with E-state index in [1.807, 2.05) is 13.8 Å². The fourth-order valence-electron chi connectivity index (χ4n) is 3.19. The van der Waals surface area contributed by atoms with Crippen LogP contribution in [0.2, 0.25) is 0 Å². The standard InChI is InChI=1S/C22H28N2.CH3.Ni/c1-13-9-15(3)21(16(4)10-13)23-19(7)20(8)24-22-17(5)11-14(2)12-18(22)6;;/h9-12H,1-8H3;1H3;/q;-1;+2. The van der Waals surface area contributed by atoms with Crippen LogP contribution in [0.25, 0.3) is 0 Å². The monoisotopic (exact) mass is 393 g/mol. The molecule has 0 bridgehead atoms. The fourth-order valence-corrected chi connectivity index (χ4v) is 3.19. The van der Waals surface area contributed by atoms with Crippen molar-refractivity contribution in [1.82, 2.24) is 0 Å². The average molecular weight is 394 g/mol. The van der Waals surface area contributed by atoms with Crippen LogP contribution in [0.15, 0.2) is 34.3 Å². The molecule has 0 fully saturated rings. The molecular weight excluding hydrogens is 363 g/mol. The Labute approximate surface area is 169 Å². The molecule has 142 valence electrons. The first-order chi connectivity index (χ1) is 11.2. The number of aryl methyl sites for hydroxylation is 6.